The number of rotatable bonds is 2. The minimum Gasteiger partial charge on any atom is -0.335 e. The zero-order valence-corrected chi connectivity index (χ0v) is 11.3. The number of nitrogens with one attached hydrogen (secondary N) is 1. The molecule has 1 aromatic carbocycles. The summed E-state index contributed by atoms with van der Waals surface area (Å²) < 4.78 is 0. The number of piperazine rings is 1. The SMILES string of the molecule is C[NH+]1CCN(c2nnc(-c3ccccc3)s2)CC1. The first-order valence-electron chi connectivity index (χ1n) is 6.28. The fraction of sp³-hybridized carbons (Fsp3) is 0.385. The molecule has 94 valence electrons. The lowest BCUT2D eigenvalue weighted by Gasteiger charge is -2.29. The molecule has 2 aromatic rings. The molecule has 0 saturated carbocycles. The predicted octanol–water partition coefficient (Wildman–Crippen LogP) is 0.540. The van der Waals surface area contributed by atoms with Crippen LogP contribution in [0.2, 0.25) is 0 Å². The average molecular weight is 261 g/mol. The second-order valence-electron chi connectivity index (χ2n) is 4.70. The summed E-state index contributed by atoms with van der Waals surface area (Å²) in [6.45, 7) is 4.52. The Bertz CT molecular complexity index is 503. The third-order valence-corrected chi connectivity index (χ3v) is 4.36. The van der Waals surface area contributed by atoms with E-state index in [0.717, 1.165) is 28.8 Å². The van der Waals surface area contributed by atoms with Gasteiger partial charge in [-0.25, -0.2) is 0 Å². The van der Waals surface area contributed by atoms with Crippen LogP contribution in [0.1, 0.15) is 0 Å². The van der Waals surface area contributed by atoms with Crippen LogP contribution >= 0.6 is 11.3 Å². The number of benzene rings is 1. The van der Waals surface area contributed by atoms with Crippen molar-refractivity contribution < 1.29 is 4.90 Å². The number of likely N-dealkylation sites (N-methyl/N-ethyl adjacent to an activating group) is 1. The van der Waals surface area contributed by atoms with Crippen LogP contribution in [0.5, 0.6) is 0 Å². The molecular formula is C13H17N4S+. The fourth-order valence-corrected chi connectivity index (χ4v) is 3.02. The van der Waals surface area contributed by atoms with Gasteiger partial charge in [-0.15, -0.1) is 10.2 Å². The number of hydrogen-bond acceptors (Lipinski definition) is 4. The lowest BCUT2D eigenvalue weighted by atomic mass is 10.2. The van der Waals surface area contributed by atoms with Gasteiger partial charge in [-0.2, -0.15) is 0 Å². The first-order valence-corrected chi connectivity index (χ1v) is 7.10. The van der Waals surface area contributed by atoms with Gasteiger partial charge < -0.3 is 9.80 Å². The zero-order chi connectivity index (χ0) is 12.4. The van der Waals surface area contributed by atoms with Crippen molar-refractivity contribution >= 4 is 16.5 Å². The average Bonchev–Trinajstić information content (AvgIpc) is 2.90. The largest absolute Gasteiger partial charge is 0.335 e. The van der Waals surface area contributed by atoms with E-state index in [1.54, 1.807) is 16.2 Å². The van der Waals surface area contributed by atoms with Crippen molar-refractivity contribution in [2.45, 2.75) is 0 Å². The van der Waals surface area contributed by atoms with Crippen LogP contribution in [-0.4, -0.2) is 43.4 Å². The van der Waals surface area contributed by atoms with E-state index in [0.29, 0.717) is 0 Å². The number of anilines is 1. The van der Waals surface area contributed by atoms with Crippen LogP contribution < -0.4 is 9.80 Å². The summed E-state index contributed by atoms with van der Waals surface area (Å²) >= 11 is 1.69. The number of hydrogen-bond donors (Lipinski definition) is 1. The first-order chi connectivity index (χ1) is 8.83. The van der Waals surface area contributed by atoms with Gasteiger partial charge in [0.25, 0.3) is 0 Å². The highest BCUT2D eigenvalue weighted by Crippen LogP contribution is 2.28. The molecule has 0 amide bonds. The highest BCUT2D eigenvalue weighted by Gasteiger charge is 2.20. The summed E-state index contributed by atoms with van der Waals surface area (Å²) in [7, 11) is 2.24. The van der Waals surface area contributed by atoms with Crippen molar-refractivity contribution in [3.8, 4) is 10.6 Å². The van der Waals surface area contributed by atoms with Gasteiger partial charge in [0.05, 0.1) is 33.2 Å². The standard InChI is InChI=1S/C13H16N4S/c1-16-7-9-17(10-8-16)13-15-14-12(18-13)11-5-3-2-4-6-11/h2-6H,7-10H2,1H3/p+1. The molecule has 2 heterocycles. The normalized spacial score (nSPS) is 17.1. The molecule has 1 aliphatic rings. The highest BCUT2D eigenvalue weighted by molar-refractivity contribution is 7.18. The van der Waals surface area contributed by atoms with Gasteiger partial charge >= 0.3 is 0 Å². The Morgan fingerprint density at radius 1 is 1.11 bits per heavy atom. The second kappa shape index (κ2) is 5.04. The summed E-state index contributed by atoms with van der Waals surface area (Å²) in [4.78, 5) is 3.94. The van der Waals surface area contributed by atoms with Crippen LogP contribution in [0.15, 0.2) is 30.3 Å². The molecule has 0 bridgehead atoms. The monoisotopic (exact) mass is 261 g/mol. The van der Waals surface area contributed by atoms with Crippen molar-refractivity contribution in [1.29, 1.82) is 0 Å². The smallest absolute Gasteiger partial charge is 0.209 e. The fourth-order valence-electron chi connectivity index (χ4n) is 2.12. The van der Waals surface area contributed by atoms with Crippen molar-refractivity contribution in [2.24, 2.45) is 0 Å². The van der Waals surface area contributed by atoms with E-state index in [-0.39, 0.29) is 0 Å². The Morgan fingerprint density at radius 3 is 2.56 bits per heavy atom. The minimum atomic E-state index is 1.01. The molecular weight excluding hydrogens is 244 g/mol. The molecule has 3 rings (SSSR count). The number of aromatic nitrogens is 2. The third-order valence-electron chi connectivity index (χ3n) is 3.32. The van der Waals surface area contributed by atoms with Crippen molar-refractivity contribution in [1.82, 2.24) is 10.2 Å². The molecule has 0 radical (unpaired) electrons. The summed E-state index contributed by atoms with van der Waals surface area (Å²) in [5.41, 5.74) is 1.15. The van der Waals surface area contributed by atoms with Gasteiger partial charge in [0, 0.05) is 5.56 Å². The second-order valence-corrected chi connectivity index (χ2v) is 5.66. The van der Waals surface area contributed by atoms with Gasteiger partial charge in [0.2, 0.25) is 5.13 Å². The number of quaternary nitrogens is 1. The molecule has 5 heteroatoms. The Hall–Kier alpha value is -1.46. The predicted molar refractivity (Wildman–Crippen MR) is 74.2 cm³/mol. The maximum absolute atomic E-state index is 4.33. The molecule has 1 saturated heterocycles. The van der Waals surface area contributed by atoms with E-state index >= 15 is 0 Å². The molecule has 0 atom stereocenters. The summed E-state index contributed by atoms with van der Waals surface area (Å²) in [5, 5.41) is 10.7. The Balaban J connectivity index is 1.78. The summed E-state index contributed by atoms with van der Waals surface area (Å²) in [6.07, 6.45) is 0. The quantitative estimate of drug-likeness (QED) is 0.856. The van der Waals surface area contributed by atoms with E-state index in [4.69, 9.17) is 0 Å². The highest BCUT2D eigenvalue weighted by atomic mass is 32.1. The zero-order valence-electron chi connectivity index (χ0n) is 10.5. The summed E-state index contributed by atoms with van der Waals surface area (Å²) in [5.74, 6) is 0. The molecule has 0 aliphatic carbocycles. The van der Waals surface area contributed by atoms with E-state index in [1.165, 1.54) is 13.1 Å². The first kappa shape index (κ1) is 11.6. The molecule has 1 N–H and O–H groups in total. The Kier molecular flexibility index (Phi) is 3.25. The van der Waals surface area contributed by atoms with Crippen LogP contribution in [0, 0.1) is 0 Å². The van der Waals surface area contributed by atoms with Crippen LogP contribution in [-0.2, 0) is 0 Å². The Labute approximate surface area is 111 Å². The third kappa shape index (κ3) is 2.37. The molecule has 4 nitrogen and oxygen atoms in total. The van der Waals surface area contributed by atoms with E-state index in [9.17, 15) is 0 Å². The lowest BCUT2D eigenvalue weighted by molar-refractivity contribution is -0.880. The van der Waals surface area contributed by atoms with E-state index in [1.807, 2.05) is 18.2 Å². The molecule has 18 heavy (non-hydrogen) atoms. The molecule has 1 fully saturated rings. The van der Waals surface area contributed by atoms with Crippen LogP contribution in [0.25, 0.3) is 10.6 Å². The van der Waals surface area contributed by atoms with Crippen LogP contribution in [0.3, 0.4) is 0 Å². The van der Waals surface area contributed by atoms with Gasteiger partial charge in [0.15, 0.2) is 0 Å². The van der Waals surface area contributed by atoms with Crippen molar-refractivity contribution in [3.63, 3.8) is 0 Å². The molecule has 0 spiro atoms. The van der Waals surface area contributed by atoms with Gasteiger partial charge in [-0.3, -0.25) is 0 Å². The topological polar surface area (TPSA) is 33.5 Å². The number of nitrogens with zero attached hydrogens (tertiary/aromatic N) is 3. The maximum atomic E-state index is 4.33. The summed E-state index contributed by atoms with van der Waals surface area (Å²) in [6, 6.07) is 10.3. The maximum Gasteiger partial charge on any atom is 0.209 e. The minimum absolute atomic E-state index is 1.01. The molecule has 1 aromatic heterocycles. The van der Waals surface area contributed by atoms with E-state index in [2.05, 4.69) is 34.3 Å². The van der Waals surface area contributed by atoms with Crippen molar-refractivity contribution in [2.75, 3.05) is 38.1 Å². The van der Waals surface area contributed by atoms with E-state index < -0.39 is 0 Å². The lowest BCUT2D eigenvalue weighted by Crippen LogP contribution is -3.12. The van der Waals surface area contributed by atoms with Crippen molar-refractivity contribution in [3.05, 3.63) is 30.3 Å². The molecule has 0 unspecified atom stereocenters. The Morgan fingerprint density at radius 2 is 1.83 bits per heavy atom. The van der Waals surface area contributed by atoms with Crippen LogP contribution in [0.4, 0.5) is 5.13 Å². The van der Waals surface area contributed by atoms with Gasteiger partial charge in [-0.1, -0.05) is 41.7 Å². The van der Waals surface area contributed by atoms with Gasteiger partial charge in [0.1, 0.15) is 5.01 Å². The van der Waals surface area contributed by atoms with Gasteiger partial charge in [-0.05, 0) is 0 Å². The molecule has 1 aliphatic heterocycles.